The number of nitrogens with zero attached hydrogens (tertiary/aromatic N) is 4. The Labute approximate surface area is 165 Å². The molecule has 2 heterocycles. The van der Waals surface area contributed by atoms with Gasteiger partial charge < -0.3 is 9.64 Å². The molecule has 1 aromatic heterocycles. The fraction of sp³-hybridized carbons (Fsp3) is 0.474. The number of piperazine rings is 1. The minimum absolute atomic E-state index is 0.00375. The van der Waals surface area contributed by atoms with Crippen molar-refractivity contribution in [1.82, 2.24) is 19.0 Å². The minimum atomic E-state index is -3.62. The van der Waals surface area contributed by atoms with Gasteiger partial charge in [0.05, 0.1) is 24.9 Å². The lowest BCUT2D eigenvalue weighted by molar-refractivity contribution is -0.131. The van der Waals surface area contributed by atoms with E-state index in [0.29, 0.717) is 24.5 Å². The number of aromatic nitrogens is 2. The maximum atomic E-state index is 13.0. The molecule has 28 heavy (non-hydrogen) atoms. The fourth-order valence-corrected chi connectivity index (χ4v) is 5.29. The summed E-state index contributed by atoms with van der Waals surface area (Å²) >= 11 is 0. The standard InChI is InChI=1S/C19H26N4O4S/c1-14-19(15(2)21(3)20-14)28(25,26)23-11-9-22(10-12-23)18(24)13-16-5-7-17(27-4)8-6-16/h5-8H,9-13H2,1-4H3. The normalized spacial score (nSPS) is 15.6. The highest BCUT2D eigenvalue weighted by Crippen LogP contribution is 2.24. The average Bonchev–Trinajstić information content (AvgIpc) is 2.94. The van der Waals surface area contributed by atoms with Crippen molar-refractivity contribution in [3.05, 3.63) is 41.2 Å². The van der Waals surface area contributed by atoms with Crippen LogP contribution in [0.15, 0.2) is 29.2 Å². The number of ether oxygens (including phenoxy) is 1. The van der Waals surface area contributed by atoms with Crippen molar-refractivity contribution < 1.29 is 17.9 Å². The summed E-state index contributed by atoms with van der Waals surface area (Å²) in [7, 11) is -0.287. The molecule has 152 valence electrons. The van der Waals surface area contributed by atoms with Crippen LogP contribution in [0.4, 0.5) is 0 Å². The summed E-state index contributed by atoms with van der Waals surface area (Å²) in [5.41, 5.74) is 2.02. The van der Waals surface area contributed by atoms with E-state index in [1.807, 2.05) is 24.3 Å². The number of hydrogen-bond acceptors (Lipinski definition) is 5. The fourth-order valence-electron chi connectivity index (χ4n) is 3.46. The second kappa shape index (κ2) is 7.92. The predicted molar refractivity (Wildman–Crippen MR) is 105 cm³/mol. The number of amides is 1. The Morgan fingerprint density at radius 2 is 1.71 bits per heavy atom. The third-order valence-corrected chi connectivity index (χ3v) is 7.30. The number of benzene rings is 1. The molecule has 1 fully saturated rings. The number of carbonyl (C=O) groups is 1. The van der Waals surface area contributed by atoms with Crippen LogP contribution in [-0.2, 0) is 28.3 Å². The second-order valence-corrected chi connectivity index (χ2v) is 8.81. The monoisotopic (exact) mass is 406 g/mol. The van der Waals surface area contributed by atoms with E-state index in [1.54, 1.807) is 37.6 Å². The van der Waals surface area contributed by atoms with Crippen LogP contribution in [0.5, 0.6) is 5.75 Å². The maximum absolute atomic E-state index is 13.0. The first-order chi connectivity index (χ1) is 13.2. The van der Waals surface area contributed by atoms with E-state index in [0.717, 1.165) is 11.3 Å². The van der Waals surface area contributed by atoms with Gasteiger partial charge in [-0.1, -0.05) is 12.1 Å². The molecule has 0 radical (unpaired) electrons. The molecule has 0 aliphatic carbocycles. The number of aryl methyl sites for hydroxylation is 2. The SMILES string of the molecule is COc1ccc(CC(=O)N2CCN(S(=O)(=O)c3c(C)nn(C)c3C)CC2)cc1. The Morgan fingerprint density at radius 3 is 2.21 bits per heavy atom. The average molecular weight is 407 g/mol. The quantitative estimate of drug-likeness (QED) is 0.743. The zero-order valence-electron chi connectivity index (χ0n) is 16.7. The van der Waals surface area contributed by atoms with E-state index in [2.05, 4.69) is 5.10 Å². The third-order valence-electron chi connectivity index (χ3n) is 5.15. The molecule has 1 aliphatic rings. The summed E-state index contributed by atoms with van der Waals surface area (Å²) in [5, 5.41) is 4.21. The Balaban J connectivity index is 1.64. The molecule has 0 N–H and O–H groups in total. The first-order valence-electron chi connectivity index (χ1n) is 9.15. The van der Waals surface area contributed by atoms with Crippen LogP contribution in [0.2, 0.25) is 0 Å². The van der Waals surface area contributed by atoms with Crippen LogP contribution in [0.3, 0.4) is 0 Å². The maximum Gasteiger partial charge on any atom is 0.246 e. The third kappa shape index (κ3) is 3.90. The Morgan fingerprint density at radius 1 is 1.11 bits per heavy atom. The van der Waals surface area contributed by atoms with Gasteiger partial charge >= 0.3 is 0 Å². The summed E-state index contributed by atoms with van der Waals surface area (Å²) in [4.78, 5) is 14.6. The first-order valence-corrected chi connectivity index (χ1v) is 10.6. The molecule has 0 saturated carbocycles. The highest BCUT2D eigenvalue weighted by molar-refractivity contribution is 7.89. The molecule has 9 heteroatoms. The first kappa shape index (κ1) is 20.3. The van der Waals surface area contributed by atoms with Gasteiger partial charge in [-0.3, -0.25) is 9.48 Å². The van der Waals surface area contributed by atoms with Gasteiger partial charge in [-0.2, -0.15) is 9.40 Å². The van der Waals surface area contributed by atoms with Crippen LogP contribution >= 0.6 is 0 Å². The molecule has 1 saturated heterocycles. The Hall–Kier alpha value is -2.39. The molecule has 0 atom stereocenters. The van der Waals surface area contributed by atoms with E-state index in [-0.39, 0.29) is 30.3 Å². The van der Waals surface area contributed by atoms with Gasteiger partial charge in [0.2, 0.25) is 15.9 Å². The minimum Gasteiger partial charge on any atom is -0.497 e. The Kier molecular flexibility index (Phi) is 5.76. The summed E-state index contributed by atoms with van der Waals surface area (Å²) in [5.74, 6) is 0.743. The molecule has 1 aliphatic heterocycles. The molecular formula is C19H26N4O4S. The molecule has 2 aromatic rings. The van der Waals surface area contributed by atoms with Crippen molar-refractivity contribution >= 4 is 15.9 Å². The summed E-state index contributed by atoms with van der Waals surface area (Å²) < 4.78 is 34.2. The van der Waals surface area contributed by atoms with Crippen molar-refractivity contribution in [2.45, 2.75) is 25.2 Å². The van der Waals surface area contributed by atoms with Gasteiger partial charge in [-0.15, -0.1) is 0 Å². The van der Waals surface area contributed by atoms with Crippen molar-refractivity contribution in [1.29, 1.82) is 0 Å². The highest BCUT2D eigenvalue weighted by Gasteiger charge is 2.33. The van der Waals surface area contributed by atoms with E-state index in [9.17, 15) is 13.2 Å². The van der Waals surface area contributed by atoms with Crippen LogP contribution in [0.25, 0.3) is 0 Å². The molecule has 8 nitrogen and oxygen atoms in total. The number of carbonyl (C=O) groups excluding carboxylic acids is 1. The number of methoxy groups -OCH3 is 1. The van der Waals surface area contributed by atoms with Gasteiger partial charge in [-0.05, 0) is 31.5 Å². The lowest BCUT2D eigenvalue weighted by atomic mass is 10.1. The van der Waals surface area contributed by atoms with Gasteiger partial charge in [0, 0.05) is 33.2 Å². The molecule has 0 bridgehead atoms. The van der Waals surface area contributed by atoms with Crippen molar-refractivity contribution in [2.24, 2.45) is 7.05 Å². The van der Waals surface area contributed by atoms with Crippen molar-refractivity contribution in [2.75, 3.05) is 33.3 Å². The van der Waals surface area contributed by atoms with Crippen LogP contribution < -0.4 is 4.74 Å². The molecular weight excluding hydrogens is 380 g/mol. The van der Waals surface area contributed by atoms with E-state index in [4.69, 9.17) is 4.74 Å². The smallest absolute Gasteiger partial charge is 0.246 e. The molecule has 0 unspecified atom stereocenters. The summed E-state index contributed by atoms with van der Waals surface area (Å²) in [6, 6.07) is 7.38. The van der Waals surface area contributed by atoms with Gasteiger partial charge in [0.25, 0.3) is 0 Å². The largest absolute Gasteiger partial charge is 0.497 e. The lowest BCUT2D eigenvalue weighted by Gasteiger charge is -2.34. The predicted octanol–water partition coefficient (Wildman–Crippen LogP) is 1.12. The van der Waals surface area contributed by atoms with Crippen molar-refractivity contribution in [3.63, 3.8) is 0 Å². The summed E-state index contributed by atoms with van der Waals surface area (Å²) in [6.45, 7) is 4.78. The van der Waals surface area contributed by atoms with E-state index >= 15 is 0 Å². The topological polar surface area (TPSA) is 84.7 Å². The Bertz CT molecular complexity index is 959. The molecule has 3 rings (SSSR count). The lowest BCUT2D eigenvalue weighted by Crippen LogP contribution is -2.51. The number of hydrogen-bond donors (Lipinski definition) is 0. The second-order valence-electron chi connectivity index (χ2n) is 6.93. The van der Waals surface area contributed by atoms with Gasteiger partial charge in [-0.25, -0.2) is 8.42 Å². The zero-order valence-corrected chi connectivity index (χ0v) is 17.5. The van der Waals surface area contributed by atoms with E-state index in [1.165, 1.54) is 4.31 Å². The van der Waals surface area contributed by atoms with Gasteiger partial charge in [0.15, 0.2) is 0 Å². The van der Waals surface area contributed by atoms with Crippen LogP contribution in [0, 0.1) is 13.8 Å². The van der Waals surface area contributed by atoms with Gasteiger partial charge in [0.1, 0.15) is 10.6 Å². The van der Waals surface area contributed by atoms with Crippen LogP contribution in [-0.4, -0.2) is 66.6 Å². The summed E-state index contributed by atoms with van der Waals surface area (Å²) in [6.07, 6.45) is 0.289. The van der Waals surface area contributed by atoms with Crippen molar-refractivity contribution in [3.8, 4) is 5.75 Å². The zero-order chi connectivity index (χ0) is 20.5. The highest BCUT2D eigenvalue weighted by atomic mass is 32.2. The molecule has 1 amide bonds. The van der Waals surface area contributed by atoms with E-state index < -0.39 is 10.0 Å². The number of sulfonamides is 1. The molecule has 0 spiro atoms. The van der Waals surface area contributed by atoms with Crippen LogP contribution in [0.1, 0.15) is 17.0 Å². The number of rotatable bonds is 5. The molecule has 1 aromatic carbocycles.